The van der Waals surface area contributed by atoms with E-state index in [4.69, 9.17) is 17.3 Å². The number of hydrogen-bond donors (Lipinski definition) is 3. The van der Waals surface area contributed by atoms with E-state index < -0.39 is 5.91 Å². The van der Waals surface area contributed by atoms with Gasteiger partial charge in [0.2, 0.25) is 0 Å². The van der Waals surface area contributed by atoms with E-state index in [0.717, 1.165) is 24.9 Å². The third kappa shape index (κ3) is 5.54. The van der Waals surface area contributed by atoms with E-state index in [1.807, 2.05) is 30.3 Å². The van der Waals surface area contributed by atoms with Crippen LogP contribution in [0.2, 0.25) is 5.02 Å². The number of aryl methyl sites for hydroxylation is 1. The summed E-state index contributed by atoms with van der Waals surface area (Å²) >= 11 is 5.93. The molecule has 2 aromatic rings. The molecule has 0 saturated carbocycles. The van der Waals surface area contributed by atoms with E-state index in [2.05, 4.69) is 17.6 Å². The van der Waals surface area contributed by atoms with Crippen LogP contribution in [0, 0.1) is 11.3 Å². The van der Waals surface area contributed by atoms with Crippen LogP contribution in [-0.2, 0) is 11.2 Å². The van der Waals surface area contributed by atoms with E-state index >= 15 is 0 Å². The number of nitrogens with one attached hydrogen (secondary N) is 2. The van der Waals surface area contributed by atoms with Gasteiger partial charge in [0.1, 0.15) is 11.6 Å². The Balaban J connectivity index is 2.01. The SMILES string of the molecule is CCCCc1ccc(N/C=C(/C#N)C(=O)Nc2ccc(N)c(Cl)c2)cc1. The molecule has 0 aliphatic heterocycles. The molecule has 0 unspecified atom stereocenters. The van der Waals surface area contributed by atoms with Crippen molar-refractivity contribution in [3.05, 3.63) is 64.8 Å². The molecule has 6 heteroatoms. The summed E-state index contributed by atoms with van der Waals surface area (Å²) < 4.78 is 0. The van der Waals surface area contributed by atoms with Gasteiger partial charge in [-0.15, -0.1) is 0 Å². The lowest BCUT2D eigenvalue weighted by molar-refractivity contribution is -0.112. The first-order valence-corrected chi connectivity index (χ1v) is 8.73. The first-order chi connectivity index (χ1) is 12.5. The normalized spacial score (nSPS) is 10.9. The number of unbranched alkanes of at least 4 members (excludes halogenated alkanes) is 1. The molecule has 0 aliphatic rings. The molecule has 2 aromatic carbocycles. The molecular weight excluding hydrogens is 348 g/mol. The number of hydrogen-bond acceptors (Lipinski definition) is 4. The summed E-state index contributed by atoms with van der Waals surface area (Å²) in [5, 5.41) is 15.2. The van der Waals surface area contributed by atoms with E-state index in [1.54, 1.807) is 12.1 Å². The highest BCUT2D eigenvalue weighted by molar-refractivity contribution is 6.33. The molecule has 0 heterocycles. The highest BCUT2D eigenvalue weighted by Gasteiger charge is 2.10. The fourth-order valence-electron chi connectivity index (χ4n) is 2.26. The number of nitriles is 1. The second-order valence-electron chi connectivity index (χ2n) is 5.81. The molecule has 1 amide bonds. The Morgan fingerprint density at radius 3 is 2.54 bits per heavy atom. The summed E-state index contributed by atoms with van der Waals surface area (Å²) in [4.78, 5) is 12.2. The minimum atomic E-state index is -0.527. The summed E-state index contributed by atoms with van der Waals surface area (Å²) in [5.74, 6) is -0.527. The topological polar surface area (TPSA) is 90.9 Å². The molecule has 0 atom stereocenters. The molecule has 26 heavy (non-hydrogen) atoms. The lowest BCUT2D eigenvalue weighted by Crippen LogP contribution is -2.14. The van der Waals surface area contributed by atoms with E-state index in [1.165, 1.54) is 17.8 Å². The number of amides is 1. The van der Waals surface area contributed by atoms with Gasteiger partial charge in [-0.05, 0) is 48.7 Å². The lowest BCUT2D eigenvalue weighted by Gasteiger charge is -2.07. The Labute approximate surface area is 158 Å². The predicted octanol–water partition coefficient (Wildman–Crippen LogP) is 4.72. The molecule has 4 N–H and O–H groups in total. The van der Waals surface area contributed by atoms with Crippen LogP contribution in [0.4, 0.5) is 17.1 Å². The number of halogens is 1. The average molecular weight is 369 g/mol. The van der Waals surface area contributed by atoms with E-state index in [9.17, 15) is 10.1 Å². The van der Waals surface area contributed by atoms with Crippen molar-refractivity contribution >= 4 is 34.6 Å². The fraction of sp³-hybridized carbons (Fsp3) is 0.200. The van der Waals surface area contributed by atoms with Gasteiger partial charge >= 0.3 is 0 Å². The smallest absolute Gasteiger partial charge is 0.267 e. The van der Waals surface area contributed by atoms with Crippen molar-refractivity contribution in [2.45, 2.75) is 26.2 Å². The lowest BCUT2D eigenvalue weighted by atomic mass is 10.1. The second kappa shape index (κ2) is 9.50. The Morgan fingerprint density at radius 2 is 1.92 bits per heavy atom. The summed E-state index contributed by atoms with van der Waals surface area (Å²) in [6.07, 6.45) is 4.74. The number of nitrogens with zero attached hydrogens (tertiary/aromatic N) is 1. The number of nitrogen functional groups attached to an aromatic ring is 1. The van der Waals surface area contributed by atoms with Gasteiger partial charge in [0.05, 0.1) is 10.7 Å². The van der Waals surface area contributed by atoms with E-state index in [0.29, 0.717) is 16.4 Å². The van der Waals surface area contributed by atoms with Gasteiger partial charge in [-0.1, -0.05) is 37.1 Å². The van der Waals surface area contributed by atoms with E-state index in [-0.39, 0.29) is 5.57 Å². The molecule has 0 spiro atoms. The molecule has 5 nitrogen and oxygen atoms in total. The third-order valence-corrected chi connectivity index (χ3v) is 4.11. The van der Waals surface area contributed by atoms with Crippen molar-refractivity contribution in [2.75, 3.05) is 16.4 Å². The highest BCUT2D eigenvalue weighted by Crippen LogP contribution is 2.23. The maximum atomic E-state index is 12.2. The largest absolute Gasteiger partial charge is 0.398 e. The number of carbonyl (C=O) groups excluding carboxylic acids is 1. The van der Waals surface area contributed by atoms with Gasteiger partial charge in [-0.25, -0.2) is 0 Å². The van der Waals surface area contributed by atoms with Gasteiger partial charge < -0.3 is 16.4 Å². The summed E-state index contributed by atoms with van der Waals surface area (Å²) in [6.45, 7) is 2.16. The van der Waals surface area contributed by atoms with Crippen LogP contribution in [0.1, 0.15) is 25.3 Å². The molecule has 134 valence electrons. The zero-order valence-electron chi connectivity index (χ0n) is 14.6. The molecule has 2 rings (SSSR count). The second-order valence-corrected chi connectivity index (χ2v) is 6.21. The van der Waals surface area contributed by atoms with Gasteiger partial charge in [0.25, 0.3) is 5.91 Å². The molecule has 0 saturated heterocycles. The number of nitrogens with two attached hydrogens (primary N) is 1. The summed E-state index contributed by atoms with van der Waals surface area (Å²) in [6, 6.07) is 14.6. The van der Waals surface area contributed by atoms with Crippen LogP contribution in [0.5, 0.6) is 0 Å². The maximum absolute atomic E-state index is 12.2. The molecule has 0 bridgehead atoms. The Morgan fingerprint density at radius 1 is 1.23 bits per heavy atom. The van der Waals surface area contributed by atoms with Crippen LogP contribution in [0.15, 0.2) is 54.2 Å². The van der Waals surface area contributed by atoms with Gasteiger partial charge in [-0.2, -0.15) is 5.26 Å². The van der Waals surface area contributed by atoms with Crippen LogP contribution in [0.3, 0.4) is 0 Å². The Bertz CT molecular complexity index is 838. The van der Waals surface area contributed by atoms with Gasteiger partial charge in [-0.3, -0.25) is 4.79 Å². The number of rotatable bonds is 7. The number of anilines is 3. The van der Waals surface area contributed by atoms with Crippen molar-refractivity contribution in [3.63, 3.8) is 0 Å². The molecular formula is C20H21ClN4O. The average Bonchev–Trinajstić information content (AvgIpc) is 2.64. The first-order valence-electron chi connectivity index (χ1n) is 8.35. The van der Waals surface area contributed by atoms with Crippen molar-refractivity contribution < 1.29 is 4.79 Å². The fourth-order valence-corrected chi connectivity index (χ4v) is 2.44. The summed E-state index contributed by atoms with van der Waals surface area (Å²) in [7, 11) is 0. The van der Waals surface area contributed by atoms with Crippen LogP contribution in [-0.4, -0.2) is 5.91 Å². The minimum Gasteiger partial charge on any atom is -0.398 e. The van der Waals surface area contributed by atoms with Crippen LogP contribution >= 0.6 is 11.6 Å². The van der Waals surface area contributed by atoms with Crippen molar-refractivity contribution in [1.29, 1.82) is 5.26 Å². The molecule has 0 aromatic heterocycles. The predicted molar refractivity (Wildman–Crippen MR) is 107 cm³/mol. The van der Waals surface area contributed by atoms with Crippen LogP contribution < -0.4 is 16.4 Å². The monoisotopic (exact) mass is 368 g/mol. The zero-order chi connectivity index (χ0) is 18.9. The maximum Gasteiger partial charge on any atom is 0.267 e. The minimum absolute atomic E-state index is 0.0481. The standard InChI is InChI=1S/C20H21ClN4O/c1-2-3-4-14-5-7-16(8-6-14)24-13-15(12-22)20(26)25-17-9-10-19(23)18(21)11-17/h5-11,13,24H,2-4,23H2,1H3,(H,25,26)/b15-13-. The molecule has 0 radical (unpaired) electrons. The van der Waals surface area contributed by atoms with Crippen molar-refractivity contribution in [1.82, 2.24) is 0 Å². The van der Waals surface area contributed by atoms with Gasteiger partial charge in [0.15, 0.2) is 0 Å². The molecule has 0 aliphatic carbocycles. The van der Waals surface area contributed by atoms with Gasteiger partial charge in [0, 0.05) is 17.6 Å². The Kier molecular flexibility index (Phi) is 7.07. The van der Waals surface area contributed by atoms with Crippen molar-refractivity contribution in [2.24, 2.45) is 0 Å². The summed E-state index contributed by atoms with van der Waals surface area (Å²) in [5.41, 5.74) is 8.55. The zero-order valence-corrected chi connectivity index (χ0v) is 15.3. The molecule has 0 fully saturated rings. The van der Waals surface area contributed by atoms with Crippen molar-refractivity contribution in [3.8, 4) is 6.07 Å². The first kappa shape index (κ1) is 19.4. The Hall–Kier alpha value is -2.97. The quantitative estimate of drug-likeness (QED) is 0.374. The number of benzene rings is 2. The third-order valence-electron chi connectivity index (χ3n) is 3.78. The number of carbonyl (C=O) groups is 1. The highest BCUT2D eigenvalue weighted by atomic mass is 35.5. The van der Waals surface area contributed by atoms with Crippen LogP contribution in [0.25, 0.3) is 0 Å².